The topological polar surface area (TPSA) is 63.5 Å². The molecule has 0 saturated heterocycles. The van der Waals surface area contributed by atoms with E-state index in [4.69, 9.17) is 11.6 Å². The number of hydrogen-bond acceptors (Lipinski definition) is 4. The van der Waals surface area contributed by atoms with E-state index in [0.29, 0.717) is 13.1 Å². The van der Waals surface area contributed by atoms with Crippen molar-refractivity contribution in [2.45, 2.75) is 6.54 Å². The van der Waals surface area contributed by atoms with E-state index < -0.39 is 4.92 Å². The molecule has 0 saturated carbocycles. The van der Waals surface area contributed by atoms with Crippen LogP contribution in [0, 0.1) is 10.1 Å². The van der Waals surface area contributed by atoms with E-state index in [2.05, 4.69) is 6.58 Å². The van der Waals surface area contributed by atoms with Gasteiger partial charge in [-0.25, -0.2) is 0 Å². The number of nitro benzene ring substituents is 1. The van der Waals surface area contributed by atoms with Gasteiger partial charge >= 0.3 is 0 Å². The van der Waals surface area contributed by atoms with Crippen molar-refractivity contribution in [3.8, 4) is 0 Å². The molecule has 114 valence electrons. The number of hydrogen-bond donors (Lipinski definition) is 0. The molecule has 0 spiro atoms. The molecule has 0 aliphatic heterocycles. The second-order valence-electron chi connectivity index (χ2n) is 4.48. The van der Waals surface area contributed by atoms with Crippen molar-refractivity contribution < 1.29 is 9.72 Å². The lowest BCUT2D eigenvalue weighted by Crippen LogP contribution is -2.30. The summed E-state index contributed by atoms with van der Waals surface area (Å²) in [5, 5.41) is 12.9. The van der Waals surface area contributed by atoms with Crippen LogP contribution in [0.3, 0.4) is 0 Å². The van der Waals surface area contributed by atoms with Gasteiger partial charge in [-0.15, -0.1) is 17.9 Å². The van der Waals surface area contributed by atoms with Gasteiger partial charge in [-0.3, -0.25) is 14.9 Å². The Morgan fingerprint density at radius 3 is 2.82 bits per heavy atom. The van der Waals surface area contributed by atoms with Crippen LogP contribution in [0.15, 0.2) is 48.4 Å². The van der Waals surface area contributed by atoms with Crippen molar-refractivity contribution in [1.82, 2.24) is 4.90 Å². The maximum absolute atomic E-state index is 12.6. The summed E-state index contributed by atoms with van der Waals surface area (Å²) in [6, 6.07) is 7.89. The van der Waals surface area contributed by atoms with E-state index in [0.717, 1.165) is 4.88 Å². The molecule has 0 radical (unpaired) electrons. The lowest BCUT2D eigenvalue weighted by atomic mass is 10.1. The first-order chi connectivity index (χ1) is 10.5. The normalized spacial score (nSPS) is 10.2. The molecule has 22 heavy (non-hydrogen) atoms. The van der Waals surface area contributed by atoms with Crippen molar-refractivity contribution in [2.75, 3.05) is 6.54 Å². The molecule has 0 bridgehead atoms. The molecule has 0 aliphatic rings. The van der Waals surface area contributed by atoms with E-state index in [1.54, 1.807) is 22.3 Å². The SMILES string of the molecule is C=CCN(Cc1cccs1)C(=O)c1ccc(Cl)c([N+](=O)[O-])c1. The monoisotopic (exact) mass is 336 g/mol. The molecule has 7 heteroatoms. The number of halogens is 1. The molecule has 0 fully saturated rings. The minimum Gasteiger partial charge on any atom is -0.330 e. The van der Waals surface area contributed by atoms with Crippen LogP contribution in [-0.4, -0.2) is 22.3 Å². The van der Waals surface area contributed by atoms with Crippen LogP contribution >= 0.6 is 22.9 Å². The Labute approximate surface area is 136 Å². The molecular formula is C15H13ClN2O3S. The third kappa shape index (κ3) is 3.72. The highest BCUT2D eigenvalue weighted by Gasteiger charge is 2.20. The number of amides is 1. The van der Waals surface area contributed by atoms with Gasteiger partial charge in [-0.1, -0.05) is 23.7 Å². The number of benzene rings is 1. The predicted molar refractivity (Wildman–Crippen MR) is 87.4 cm³/mol. The van der Waals surface area contributed by atoms with Crippen molar-refractivity contribution in [2.24, 2.45) is 0 Å². The van der Waals surface area contributed by atoms with Gasteiger partial charge in [0.1, 0.15) is 5.02 Å². The molecule has 0 aliphatic carbocycles. The van der Waals surface area contributed by atoms with E-state index in [9.17, 15) is 14.9 Å². The maximum Gasteiger partial charge on any atom is 0.288 e. The van der Waals surface area contributed by atoms with Crippen LogP contribution in [-0.2, 0) is 6.54 Å². The van der Waals surface area contributed by atoms with Gasteiger partial charge in [-0.2, -0.15) is 0 Å². The zero-order chi connectivity index (χ0) is 16.1. The third-order valence-electron chi connectivity index (χ3n) is 2.95. The van der Waals surface area contributed by atoms with E-state index in [1.165, 1.54) is 18.2 Å². The maximum atomic E-state index is 12.6. The number of nitro groups is 1. The summed E-state index contributed by atoms with van der Waals surface area (Å²) in [5.41, 5.74) is -0.0447. The first kappa shape index (κ1) is 16.2. The van der Waals surface area contributed by atoms with E-state index >= 15 is 0 Å². The lowest BCUT2D eigenvalue weighted by molar-refractivity contribution is -0.384. The van der Waals surface area contributed by atoms with Crippen molar-refractivity contribution in [1.29, 1.82) is 0 Å². The van der Waals surface area contributed by atoms with Gasteiger partial charge in [0.25, 0.3) is 11.6 Å². The fraction of sp³-hybridized carbons (Fsp3) is 0.133. The Morgan fingerprint density at radius 2 is 2.23 bits per heavy atom. The summed E-state index contributed by atoms with van der Waals surface area (Å²) < 4.78 is 0. The van der Waals surface area contributed by atoms with Crippen LogP contribution in [0.2, 0.25) is 5.02 Å². The summed E-state index contributed by atoms with van der Waals surface area (Å²) in [4.78, 5) is 25.5. The van der Waals surface area contributed by atoms with Crippen molar-refractivity contribution >= 4 is 34.5 Å². The number of carbonyl (C=O) groups is 1. The molecule has 1 aromatic heterocycles. The van der Waals surface area contributed by atoms with Gasteiger partial charge in [0.05, 0.1) is 11.5 Å². The Morgan fingerprint density at radius 1 is 1.45 bits per heavy atom. The van der Waals surface area contributed by atoms with Gasteiger partial charge in [-0.05, 0) is 23.6 Å². The molecule has 0 unspecified atom stereocenters. The standard InChI is InChI=1S/C15H13ClN2O3S/c1-2-7-17(10-12-4-3-8-22-12)15(19)11-5-6-13(16)14(9-11)18(20)21/h2-6,8-9H,1,7,10H2. The molecule has 0 atom stereocenters. The fourth-order valence-corrected chi connectivity index (χ4v) is 2.84. The van der Waals surface area contributed by atoms with Crippen molar-refractivity contribution in [3.63, 3.8) is 0 Å². The average molecular weight is 337 g/mol. The minimum absolute atomic E-state index is 0.00933. The van der Waals surface area contributed by atoms with Gasteiger partial charge < -0.3 is 4.90 Å². The third-order valence-corrected chi connectivity index (χ3v) is 4.13. The predicted octanol–water partition coefficient (Wildman–Crippen LogP) is 4.14. The summed E-state index contributed by atoms with van der Waals surface area (Å²) in [5.74, 6) is -0.298. The van der Waals surface area contributed by atoms with Crippen LogP contribution < -0.4 is 0 Å². The number of rotatable bonds is 6. The van der Waals surface area contributed by atoms with Gasteiger partial charge in [0.2, 0.25) is 0 Å². The largest absolute Gasteiger partial charge is 0.330 e. The second-order valence-corrected chi connectivity index (χ2v) is 5.92. The number of thiophene rings is 1. The zero-order valence-corrected chi connectivity index (χ0v) is 13.1. The quantitative estimate of drug-likeness (QED) is 0.452. The van der Waals surface area contributed by atoms with Crippen LogP contribution in [0.5, 0.6) is 0 Å². The summed E-state index contributed by atoms with van der Waals surface area (Å²) in [6.07, 6.45) is 1.62. The first-order valence-electron chi connectivity index (χ1n) is 6.39. The van der Waals surface area contributed by atoms with Crippen LogP contribution in [0.25, 0.3) is 0 Å². The number of nitrogens with zero attached hydrogens (tertiary/aromatic N) is 2. The Hall–Kier alpha value is -2.18. The highest BCUT2D eigenvalue weighted by molar-refractivity contribution is 7.09. The molecule has 5 nitrogen and oxygen atoms in total. The minimum atomic E-state index is -0.601. The lowest BCUT2D eigenvalue weighted by Gasteiger charge is -2.20. The van der Waals surface area contributed by atoms with E-state index in [-0.39, 0.29) is 22.2 Å². The zero-order valence-electron chi connectivity index (χ0n) is 11.6. The fourth-order valence-electron chi connectivity index (χ4n) is 1.93. The highest BCUT2D eigenvalue weighted by atomic mass is 35.5. The Kier molecular flexibility index (Phi) is 5.30. The molecule has 2 rings (SSSR count). The molecule has 1 aromatic carbocycles. The molecule has 0 N–H and O–H groups in total. The number of carbonyl (C=O) groups excluding carboxylic acids is 1. The Bertz CT molecular complexity index is 701. The molecule has 2 aromatic rings. The van der Waals surface area contributed by atoms with Gasteiger partial charge in [0.15, 0.2) is 0 Å². The smallest absolute Gasteiger partial charge is 0.288 e. The summed E-state index contributed by atoms with van der Waals surface area (Å²) in [7, 11) is 0. The van der Waals surface area contributed by atoms with Crippen molar-refractivity contribution in [3.05, 3.63) is 73.9 Å². The van der Waals surface area contributed by atoms with Crippen LogP contribution in [0.1, 0.15) is 15.2 Å². The molecule has 1 amide bonds. The summed E-state index contributed by atoms with van der Waals surface area (Å²) >= 11 is 7.31. The molecular weight excluding hydrogens is 324 g/mol. The van der Waals surface area contributed by atoms with E-state index in [1.807, 2.05) is 17.5 Å². The average Bonchev–Trinajstić information content (AvgIpc) is 2.99. The Balaban J connectivity index is 2.28. The second kappa shape index (κ2) is 7.20. The summed E-state index contributed by atoms with van der Waals surface area (Å²) in [6.45, 7) is 4.43. The molecule has 1 heterocycles. The highest BCUT2D eigenvalue weighted by Crippen LogP contribution is 2.26. The van der Waals surface area contributed by atoms with Crippen LogP contribution in [0.4, 0.5) is 5.69 Å². The first-order valence-corrected chi connectivity index (χ1v) is 7.65. The van der Waals surface area contributed by atoms with Gasteiger partial charge in [0, 0.05) is 23.1 Å².